The number of allylic oxidation sites excluding steroid dienone is 2. The average molecular weight is 627 g/mol. The van der Waals surface area contributed by atoms with E-state index >= 15 is 0 Å². The zero-order chi connectivity index (χ0) is 31.6. The van der Waals surface area contributed by atoms with Gasteiger partial charge < -0.3 is 14.9 Å². The third-order valence-electron chi connectivity index (χ3n) is 11.8. The Hall–Kier alpha value is -3.90. The summed E-state index contributed by atoms with van der Waals surface area (Å²) in [7, 11) is -1.63. The quantitative estimate of drug-likeness (QED) is 0.225. The first-order valence-corrected chi connectivity index (χ1v) is 20.1. The maximum atomic E-state index is 11.1. The highest BCUT2D eigenvalue weighted by atomic mass is 28.3. The maximum absolute atomic E-state index is 11.1. The largest absolute Gasteiger partial charge is 0.507 e. The molecule has 0 unspecified atom stereocenters. The van der Waals surface area contributed by atoms with Crippen LogP contribution in [0.25, 0.3) is 11.3 Å². The number of anilines is 1. The van der Waals surface area contributed by atoms with Crippen molar-refractivity contribution >= 4 is 13.9 Å². The second-order valence-electron chi connectivity index (χ2n) is 15.0. The fraction of sp³-hybridized carbons (Fsp3) is 0.400. The number of rotatable bonds is 5. The van der Waals surface area contributed by atoms with Crippen molar-refractivity contribution in [3.63, 3.8) is 0 Å². The lowest BCUT2D eigenvalue weighted by molar-refractivity contribution is 0.178. The van der Waals surface area contributed by atoms with E-state index in [-0.39, 0.29) is 5.54 Å². The molecule has 8 rings (SSSR count). The number of hydrogen-bond acceptors (Lipinski definition) is 5. The molecular formula is C40H46N4OSi. The van der Waals surface area contributed by atoms with Crippen LogP contribution in [0.3, 0.4) is 0 Å². The molecule has 0 amide bonds. The van der Waals surface area contributed by atoms with Crippen LogP contribution in [-0.4, -0.2) is 34.7 Å². The van der Waals surface area contributed by atoms with Crippen LogP contribution in [0.15, 0.2) is 84.3 Å². The Bertz CT molecular complexity index is 1830. The first kappa shape index (κ1) is 29.5. The van der Waals surface area contributed by atoms with Crippen LogP contribution in [0.2, 0.25) is 0 Å². The van der Waals surface area contributed by atoms with Crippen molar-refractivity contribution in [3.8, 4) is 17.0 Å². The van der Waals surface area contributed by atoms with Crippen LogP contribution in [0, 0.1) is 0 Å². The SMILES string of the molecule is CC1=C(C)N(C(C)(C)c2cc3c(c(-c4ccccc4O)n2)C[Si]2(Cc4ccccc4C2)C3)CN1c1cc(C2CCCCC2)ccn1. The van der Waals surface area contributed by atoms with Gasteiger partial charge in [0.25, 0.3) is 0 Å². The lowest BCUT2D eigenvalue weighted by Gasteiger charge is -2.38. The zero-order valence-corrected chi connectivity index (χ0v) is 28.8. The first-order chi connectivity index (χ1) is 22.2. The molecule has 4 aliphatic rings. The van der Waals surface area contributed by atoms with Gasteiger partial charge in [0.15, 0.2) is 0 Å². The fourth-order valence-electron chi connectivity index (χ4n) is 9.05. The lowest BCUT2D eigenvalue weighted by Crippen LogP contribution is -2.42. The van der Waals surface area contributed by atoms with E-state index in [9.17, 15) is 5.11 Å². The van der Waals surface area contributed by atoms with Gasteiger partial charge in [0.1, 0.15) is 11.6 Å². The highest BCUT2D eigenvalue weighted by Crippen LogP contribution is 2.46. The van der Waals surface area contributed by atoms with Gasteiger partial charge in [-0.1, -0.05) is 55.7 Å². The number of phenolic OH excluding ortho intramolecular Hbond substituents is 1. The van der Waals surface area contributed by atoms with Crippen molar-refractivity contribution in [1.29, 1.82) is 0 Å². The van der Waals surface area contributed by atoms with Crippen LogP contribution in [0.1, 0.15) is 99.2 Å². The number of hydrogen-bond donors (Lipinski definition) is 1. The van der Waals surface area contributed by atoms with Crippen molar-refractivity contribution in [1.82, 2.24) is 14.9 Å². The summed E-state index contributed by atoms with van der Waals surface area (Å²) < 4.78 is 0. The van der Waals surface area contributed by atoms with Crippen LogP contribution < -0.4 is 4.90 Å². The van der Waals surface area contributed by atoms with Gasteiger partial charge in [0.05, 0.1) is 31.7 Å². The van der Waals surface area contributed by atoms with Gasteiger partial charge in [-0.05, 0) is 129 Å². The molecular weight excluding hydrogens is 581 g/mol. The predicted octanol–water partition coefficient (Wildman–Crippen LogP) is 8.67. The Kier molecular flexibility index (Phi) is 7.13. The van der Waals surface area contributed by atoms with Crippen LogP contribution >= 0.6 is 0 Å². The van der Waals surface area contributed by atoms with Gasteiger partial charge in [0.2, 0.25) is 0 Å². The summed E-state index contributed by atoms with van der Waals surface area (Å²) in [5, 5.41) is 11.1. The van der Waals surface area contributed by atoms with E-state index in [1.54, 1.807) is 17.2 Å². The number of aromatic nitrogens is 2. The summed E-state index contributed by atoms with van der Waals surface area (Å²) in [4.78, 5) is 15.3. The fourth-order valence-corrected chi connectivity index (χ4v) is 14.4. The normalized spacial score (nSPS) is 19.3. The first-order valence-electron chi connectivity index (χ1n) is 17.3. The minimum atomic E-state index is -1.63. The van der Waals surface area contributed by atoms with Gasteiger partial charge in [-0.25, -0.2) is 9.97 Å². The number of fused-ring (bicyclic) bond motifs is 2. The third kappa shape index (κ3) is 4.88. The summed E-state index contributed by atoms with van der Waals surface area (Å²) in [6.45, 7) is 9.85. The molecule has 0 saturated heterocycles. The molecule has 1 fully saturated rings. The van der Waals surface area contributed by atoms with Crippen molar-refractivity contribution in [3.05, 3.63) is 118 Å². The van der Waals surface area contributed by atoms with Crippen molar-refractivity contribution in [2.45, 2.75) is 95.4 Å². The van der Waals surface area contributed by atoms with E-state index in [4.69, 9.17) is 9.97 Å². The van der Waals surface area contributed by atoms with Gasteiger partial charge in [-0.2, -0.15) is 0 Å². The highest BCUT2D eigenvalue weighted by molar-refractivity contribution is 6.79. The molecule has 236 valence electrons. The molecule has 6 heteroatoms. The molecule has 0 atom stereocenters. The summed E-state index contributed by atoms with van der Waals surface area (Å²) in [5.74, 6) is 2.01. The monoisotopic (exact) mass is 626 g/mol. The molecule has 5 heterocycles. The lowest BCUT2D eigenvalue weighted by atomic mass is 9.84. The van der Waals surface area contributed by atoms with Crippen molar-refractivity contribution in [2.24, 2.45) is 0 Å². The van der Waals surface area contributed by atoms with Gasteiger partial charge in [-0.15, -0.1) is 0 Å². The molecule has 2 aromatic carbocycles. The predicted molar refractivity (Wildman–Crippen MR) is 189 cm³/mol. The molecule has 46 heavy (non-hydrogen) atoms. The van der Waals surface area contributed by atoms with E-state index in [1.165, 1.54) is 78.3 Å². The molecule has 1 aliphatic carbocycles. The number of phenols is 1. The molecule has 1 saturated carbocycles. The summed E-state index contributed by atoms with van der Waals surface area (Å²) in [6, 6.07) is 28.7. The Morgan fingerprint density at radius 1 is 0.804 bits per heavy atom. The number of pyridine rings is 2. The summed E-state index contributed by atoms with van der Waals surface area (Å²) >= 11 is 0. The second-order valence-corrected chi connectivity index (χ2v) is 19.4. The van der Waals surface area contributed by atoms with Crippen molar-refractivity contribution in [2.75, 3.05) is 11.6 Å². The molecule has 1 N–H and O–H groups in total. The van der Waals surface area contributed by atoms with Gasteiger partial charge in [0, 0.05) is 23.2 Å². The highest BCUT2D eigenvalue weighted by Gasteiger charge is 2.46. The Morgan fingerprint density at radius 2 is 1.50 bits per heavy atom. The smallest absolute Gasteiger partial charge is 0.134 e. The summed E-state index contributed by atoms with van der Waals surface area (Å²) in [6.07, 6.45) is 8.62. The minimum absolute atomic E-state index is 0.313. The van der Waals surface area contributed by atoms with Gasteiger partial charge >= 0.3 is 0 Å². The average Bonchev–Trinajstić information content (AvgIpc) is 3.72. The third-order valence-corrected chi connectivity index (χ3v) is 16.3. The minimum Gasteiger partial charge on any atom is -0.507 e. The maximum Gasteiger partial charge on any atom is 0.134 e. The van der Waals surface area contributed by atoms with E-state index < -0.39 is 8.07 Å². The molecule has 5 nitrogen and oxygen atoms in total. The van der Waals surface area contributed by atoms with E-state index in [0.29, 0.717) is 11.7 Å². The zero-order valence-electron chi connectivity index (χ0n) is 27.8. The number of nitrogens with zero attached hydrogens (tertiary/aromatic N) is 4. The van der Waals surface area contributed by atoms with Crippen LogP contribution in [0.4, 0.5) is 5.82 Å². The van der Waals surface area contributed by atoms with Crippen LogP contribution in [0.5, 0.6) is 5.75 Å². The Labute approximate surface area is 275 Å². The molecule has 3 aliphatic heterocycles. The van der Waals surface area contributed by atoms with Crippen LogP contribution in [-0.2, 0) is 29.7 Å². The number of benzene rings is 2. The molecule has 4 aromatic rings. The Balaban J connectivity index is 1.15. The van der Waals surface area contributed by atoms with E-state index in [0.717, 1.165) is 35.5 Å². The van der Waals surface area contributed by atoms with E-state index in [1.807, 2.05) is 24.4 Å². The van der Waals surface area contributed by atoms with Gasteiger partial charge in [-0.3, -0.25) is 0 Å². The summed E-state index contributed by atoms with van der Waals surface area (Å²) in [5.41, 5.74) is 12.4. The number of aromatic hydroxyl groups is 1. The second kappa shape index (κ2) is 11.1. The Morgan fingerprint density at radius 3 is 2.24 bits per heavy atom. The molecule has 0 bridgehead atoms. The van der Waals surface area contributed by atoms with Crippen molar-refractivity contribution < 1.29 is 5.11 Å². The standard InChI is InChI=1S/C40H46N4OSi/c1-27-28(2)44(26-43(27)38-21-30(18-19-41-38)29-12-6-5-7-13-29)40(3,4)37-20-33-24-46(22-31-14-8-9-15-32(31)23-46)25-35(33)39(42-37)34-16-10-11-17-36(34)45/h8-11,14-21,29,45H,5-7,12-13,22-26H2,1-4H3. The number of para-hydroxylation sites is 1. The molecule has 1 spiro atoms. The topological polar surface area (TPSA) is 52.5 Å². The molecule has 2 aromatic heterocycles. The van der Waals surface area contributed by atoms with E-state index in [2.05, 4.69) is 80.0 Å². The molecule has 0 radical (unpaired) electrons.